The van der Waals surface area contributed by atoms with Crippen molar-refractivity contribution in [2.75, 3.05) is 0 Å². The van der Waals surface area contributed by atoms with Gasteiger partial charge in [0.05, 0.1) is 44.1 Å². The SMILES string of the molecule is c1ccc(-c2ccc(-c3ccccc3)c(-c3nc(-c4ccc(-n5c6ccccc6c6ccc(-c7ccc8c(c7)c7ccccc7n8-c7ccccc7)cc65)cc4)nc(-c4ccc(-n5c6ccccc6c6ccc(-c7ccc8c(c7)c7ccccc7n8-c7ccccc7)cc65)cc4)n3)c2)cc1. The van der Waals surface area contributed by atoms with E-state index in [1.54, 1.807) is 0 Å². The number of hydrogen-bond donors (Lipinski definition) is 0. The van der Waals surface area contributed by atoms with Gasteiger partial charge >= 0.3 is 0 Å². The Morgan fingerprint density at radius 2 is 0.440 bits per heavy atom. The van der Waals surface area contributed by atoms with Gasteiger partial charge in [0.15, 0.2) is 17.5 Å². The summed E-state index contributed by atoms with van der Waals surface area (Å²) in [5.74, 6) is 1.73. The summed E-state index contributed by atoms with van der Waals surface area (Å²) in [5, 5.41) is 9.67. The Hall–Kier alpha value is -13.5. The van der Waals surface area contributed by atoms with E-state index in [9.17, 15) is 0 Å². The number of benzene rings is 15. The average Bonchev–Trinajstić information content (AvgIpc) is 1.58. The summed E-state index contributed by atoms with van der Waals surface area (Å²) in [6.07, 6.45) is 0. The van der Waals surface area contributed by atoms with E-state index in [1.807, 2.05) is 0 Å². The summed E-state index contributed by atoms with van der Waals surface area (Å²) in [5.41, 5.74) is 25.2. The van der Waals surface area contributed by atoms with Gasteiger partial charge in [-0.1, -0.05) is 218 Å². The molecule has 0 bridgehead atoms. The van der Waals surface area contributed by atoms with E-state index >= 15 is 0 Å². The smallest absolute Gasteiger partial charge is 0.164 e. The summed E-state index contributed by atoms with van der Waals surface area (Å²) < 4.78 is 9.54. The third kappa shape index (κ3) is 9.32. The zero-order chi connectivity index (χ0) is 65.8. The highest BCUT2D eigenvalue weighted by molar-refractivity contribution is 6.15. The van der Waals surface area contributed by atoms with Crippen LogP contribution in [0.2, 0.25) is 0 Å². The first-order valence-electron chi connectivity index (χ1n) is 34.1. The molecule has 466 valence electrons. The minimum absolute atomic E-state index is 0.575. The Morgan fingerprint density at radius 1 is 0.150 bits per heavy atom. The Balaban J connectivity index is 0.709. The van der Waals surface area contributed by atoms with Crippen LogP contribution in [0, 0.1) is 0 Å². The Morgan fingerprint density at radius 3 is 0.880 bits per heavy atom. The van der Waals surface area contributed by atoms with E-state index in [-0.39, 0.29) is 0 Å². The lowest BCUT2D eigenvalue weighted by Gasteiger charge is -2.15. The van der Waals surface area contributed by atoms with Crippen LogP contribution in [-0.2, 0) is 0 Å². The van der Waals surface area contributed by atoms with E-state index in [0.29, 0.717) is 17.5 Å². The van der Waals surface area contributed by atoms with Crippen molar-refractivity contribution in [3.63, 3.8) is 0 Å². The van der Waals surface area contributed by atoms with Gasteiger partial charge in [0.2, 0.25) is 0 Å². The fourth-order valence-corrected chi connectivity index (χ4v) is 15.6. The maximum Gasteiger partial charge on any atom is 0.164 e. The summed E-state index contributed by atoms with van der Waals surface area (Å²) in [6.45, 7) is 0. The van der Waals surface area contributed by atoms with Crippen LogP contribution >= 0.6 is 0 Å². The summed E-state index contributed by atoms with van der Waals surface area (Å²) >= 11 is 0. The molecule has 7 nitrogen and oxygen atoms in total. The van der Waals surface area contributed by atoms with Crippen LogP contribution in [0.15, 0.2) is 358 Å². The fourth-order valence-electron chi connectivity index (χ4n) is 15.6. The minimum Gasteiger partial charge on any atom is -0.309 e. The van der Waals surface area contributed by atoms with Crippen LogP contribution < -0.4 is 0 Å². The quantitative estimate of drug-likeness (QED) is 0.130. The van der Waals surface area contributed by atoms with Crippen LogP contribution in [0.5, 0.6) is 0 Å². The molecule has 0 amide bonds. The number of para-hydroxylation sites is 6. The molecule has 0 radical (unpaired) electrons. The molecule has 5 aromatic heterocycles. The maximum absolute atomic E-state index is 5.49. The van der Waals surface area contributed by atoms with Crippen molar-refractivity contribution in [2.45, 2.75) is 0 Å². The number of aromatic nitrogens is 7. The molecular weight excluding hydrogens is 1220 g/mol. The molecule has 0 unspecified atom stereocenters. The predicted molar refractivity (Wildman–Crippen MR) is 415 cm³/mol. The van der Waals surface area contributed by atoms with E-state index in [0.717, 1.165) is 106 Å². The third-order valence-corrected chi connectivity index (χ3v) is 20.2. The lowest BCUT2D eigenvalue weighted by Crippen LogP contribution is -2.02. The molecule has 20 rings (SSSR count). The lowest BCUT2D eigenvalue weighted by atomic mass is 9.94. The molecule has 0 N–H and O–H groups in total. The van der Waals surface area contributed by atoms with Crippen molar-refractivity contribution >= 4 is 87.2 Å². The van der Waals surface area contributed by atoms with Crippen LogP contribution in [0.3, 0.4) is 0 Å². The molecule has 0 aliphatic heterocycles. The van der Waals surface area contributed by atoms with Crippen LogP contribution in [0.1, 0.15) is 0 Å². The van der Waals surface area contributed by atoms with Gasteiger partial charge in [-0.05, 0) is 184 Å². The third-order valence-electron chi connectivity index (χ3n) is 20.2. The molecular formula is C93H59N7. The first kappa shape index (κ1) is 56.8. The number of nitrogens with zero attached hydrogens (tertiary/aromatic N) is 7. The molecule has 0 atom stereocenters. The Kier molecular flexibility index (Phi) is 13.1. The zero-order valence-corrected chi connectivity index (χ0v) is 54.2. The number of fused-ring (bicyclic) bond motifs is 12. The average molecular weight is 1270 g/mol. The number of rotatable bonds is 11. The summed E-state index contributed by atoms with van der Waals surface area (Å²) in [4.78, 5) is 16.4. The largest absolute Gasteiger partial charge is 0.309 e. The lowest BCUT2D eigenvalue weighted by molar-refractivity contribution is 1.07. The second-order valence-electron chi connectivity index (χ2n) is 25.9. The van der Waals surface area contributed by atoms with E-state index in [2.05, 4.69) is 376 Å². The molecule has 0 fully saturated rings. The van der Waals surface area contributed by atoms with E-state index in [4.69, 9.17) is 15.0 Å². The molecule has 20 aromatic rings. The summed E-state index contributed by atoms with van der Waals surface area (Å²) in [6, 6.07) is 129. The zero-order valence-electron chi connectivity index (χ0n) is 54.2. The van der Waals surface area contributed by atoms with Crippen LogP contribution in [0.4, 0.5) is 0 Å². The fraction of sp³-hybridized carbons (Fsp3) is 0. The first-order valence-corrected chi connectivity index (χ1v) is 34.1. The number of hydrogen-bond acceptors (Lipinski definition) is 3. The molecule has 7 heteroatoms. The predicted octanol–water partition coefficient (Wildman–Crippen LogP) is 23.9. The van der Waals surface area contributed by atoms with Gasteiger partial charge in [0.25, 0.3) is 0 Å². The molecule has 0 saturated carbocycles. The van der Waals surface area contributed by atoms with Crippen molar-refractivity contribution in [3.05, 3.63) is 358 Å². The second-order valence-corrected chi connectivity index (χ2v) is 25.9. The van der Waals surface area contributed by atoms with Gasteiger partial charge in [-0.2, -0.15) is 0 Å². The highest BCUT2D eigenvalue weighted by Crippen LogP contribution is 2.43. The standard InChI is InChI=1S/C93H59N7/c1-5-21-60(22-6-1)64-41-50-73(61-23-7-2-8-24-61)82(57-64)93-95-91(62-37-46-71(47-38-62)99-83-33-17-13-29-74(83)78-51-42-67(58-89(78)99)65-44-53-87-80(55-65)76-31-15-19-35-85(76)97(87)69-25-9-3-10-26-69)94-92(96-93)63-39-48-72(49-40-63)100-84-34-18-14-30-75(84)79-52-43-68(59-90(79)100)66-45-54-88-81(56-66)77-32-16-20-36-86(77)98(88)70-27-11-4-12-28-70/h1-59H. The normalized spacial score (nSPS) is 11.8. The Labute approximate surface area is 576 Å². The van der Waals surface area contributed by atoms with Crippen molar-refractivity contribution in [2.24, 2.45) is 0 Å². The van der Waals surface area contributed by atoms with E-state index in [1.165, 1.54) is 65.2 Å². The van der Waals surface area contributed by atoms with Crippen molar-refractivity contribution in [3.8, 4) is 101 Å². The van der Waals surface area contributed by atoms with Gasteiger partial charge in [-0.25, -0.2) is 15.0 Å². The van der Waals surface area contributed by atoms with E-state index < -0.39 is 0 Å². The van der Waals surface area contributed by atoms with Gasteiger partial charge in [-0.3, -0.25) is 0 Å². The Bertz CT molecular complexity index is 6270. The monoisotopic (exact) mass is 1270 g/mol. The minimum atomic E-state index is 0.575. The van der Waals surface area contributed by atoms with Crippen LogP contribution in [-0.4, -0.2) is 33.2 Å². The molecule has 0 aliphatic rings. The second kappa shape index (κ2) is 23.1. The van der Waals surface area contributed by atoms with Gasteiger partial charge in [0, 0.05) is 82.5 Å². The first-order chi connectivity index (χ1) is 49.6. The van der Waals surface area contributed by atoms with Gasteiger partial charge in [0.1, 0.15) is 0 Å². The molecule has 15 aromatic carbocycles. The molecule has 0 aliphatic carbocycles. The van der Waals surface area contributed by atoms with Gasteiger partial charge < -0.3 is 18.3 Å². The van der Waals surface area contributed by atoms with Crippen molar-refractivity contribution < 1.29 is 0 Å². The molecule has 5 heterocycles. The highest BCUT2D eigenvalue weighted by atomic mass is 15.0. The maximum atomic E-state index is 5.49. The van der Waals surface area contributed by atoms with Crippen molar-refractivity contribution in [1.29, 1.82) is 0 Å². The topological polar surface area (TPSA) is 58.4 Å². The highest BCUT2D eigenvalue weighted by Gasteiger charge is 2.22. The summed E-state index contributed by atoms with van der Waals surface area (Å²) in [7, 11) is 0. The molecule has 0 spiro atoms. The molecule has 0 saturated heterocycles. The van der Waals surface area contributed by atoms with Gasteiger partial charge in [-0.15, -0.1) is 0 Å². The van der Waals surface area contributed by atoms with Crippen LogP contribution in [0.25, 0.3) is 189 Å². The van der Waals surface area contributed by atoms with Crippen molar-refractivity contribution in [1.82, 2.24) is 33.2 Å². The molecule has 100 heavy (non-hydrogen) atoms.